The maximum atomic E-state index is 12.7. The van der Waals surface area contributed by atoms with E-state index in [-0.39, 0.29) is 18.3 Å². The van der Waals surface area contributed by atoms with Crippen LogP contribution in [0.2, 0.25) is 0 Å². The lowest BCUT2D eigenvalue weighted by atomic mass is 10.2. The predicted octanol–water partition coefficient (Wildman–Crippen LogP) is 3.31. The van der Waals surface area contributed by atoms with Gasteiger partial charge in [0.2, 0.25) is 0 Å². The van der Waals surface area contributed by atoms with Crippen molar-refractivity contribution < 1.29 is 13.6 Å². The minimum Gasteiger partial charge on any atom is -0.334 e. The topological polar surface area (TPSA) is 38.1 Å². The van der Waals surface area contributed by atoms with Crippen LogP contribution in [0.1, 0.15) is 22.7 Å². The number of nitrogens with zero attached hydrogens (tertiary/aromatic N) is 3. The van der Waals surface area contributed by atoms with Crippen molar-refractivity contribution in [3.8, 4) is 0 Å². The number of alkyl halides is 2. The number of aromatic nitrogens is 2. The number of carbonyl (C=O) groups is 1. The molecule has 0 N–H and O–H groups in total. The number of amides is 1. The van der Waals surface area contributed by atoms with Crippen LogP contribution >= 0.6 is 15.9 Å². The molecule has 0 spiro atoms. The zero-order valence-electron chi connectivity index (χ0n) is 10.6. The Labute approximate surface area is 123 Å². The highest BCUT2D eigenvalue weighted by Gasteiger charge is 2.17. The second-order valence-electron chi connectivity index (χ2n) is 4.20. The van der Waals surface area contributed by atoms with E-state index in [1.807, 2.05) is 0 Å². The minimum atomic E-state index is -2.66. The zero-order valence-corrected chi connectivity index (χ0v) is 12.2. The molecule has 2 rings (SSSR count). The van der Waals surface area contributed by atoms with Crippen LogP contribution < -0.4 is 0 Å². The first-order valence-electron chi connectivity index (χ1n) is 5.80. The highest BCUT2D eigenvalue weighted by molar-refractivity contribution is 9.10. The number of rotatable bonds is 4. The predicted molar refractivity (Wildman–Crippen MR) is 73.4 cm³/mol. The molecular weight excluding hydrogens is 332 g/mol. The maximum Gasteiger partial charge on any atom is 0.319 e. The van der Waals surface area contributed by atoms with Crippen molar-refractivity contribution in [2.75, 3.05) is 7.05 Å². The number of carbonyl (C=O) groups excluding carboxylic acids is 1. The van der Waals surface area contributed by atoms with E-state index in [2.05, 4.69) is 20.9 Å². The highest BCUT2D eigenvalue weighted by atomic mass is 79.9. The fourth-order valence-electron chi connectivity index (χ4n) is 1.74. The Bertz CT molecular complexity index is 598. The van der Waals surface area contributed by atoms with Crippen molar-refractivity contribution in [3.05, 3.63) is 52.5 Å². The summed E-state index contributed by atoms with van der Waals surface area (Å²) in [5, 5.41) is 0. The smallest absolute Gasteiger partial charge is 0.319 e. The van der Waals surface area contributed by atoms with Gasteiger partial charge in [-0.2, -0.15) is 8.78 Å². The first-order valence-corrected chi connectivity index (χ1v) is 6.59. The molecule has 4 nitrogen and oxygen atoms in total. The Morgan fingerprint density at radius 1 is 1.40 bits per heavy atom. The molecule has 0 radical (unpaired) electrons. The molecule has 1 aromatic heterocycles. The molecule has 0 bridgehead atoms. The summed E-state index contributed by atoms with van der Waals surface area (Å²) in [5.74, 6) is -0.103. The number of hydrogen-bond donors (Lipinski definition) is 0. The summed E-state index contributed by atoms with van der Waals surface area (Å²) in [5.41, 5.74) is 0.492. The van der Waals surface area contributed by atoms with Gasteiger partial charge in [-0.1, -0.05) is 15.9 Å². The molecule has 20 heavy (non-hydrogen) atoms. The number of benzene rings is 1. The van der Waals surface area contributed by atoms with Crippen LogP contribution in [0, 0.1) is 0 Å². The normalized spacial score (nSPS) is 10.8. The van der Waals surface area contributed by atoms with Gasteiger partial charge in [0.05, 0.1) is 6.54 Å². The molecule has 0 aliphatic rings. The Kier molecular flexibility index (Phi) is 4.49. The third kappa shape index (κ3) is 3.22. The van der Waals surface area contributed by atoms with E-state index in [1.54, 1.807) is 31.3 Å². The summed E-state index contributed by atoms with van der Waals surface area (Å²) in [7, 11) is 1.55. The van der Waals surface area contributed by atoms with Gasteiger partial charge in [-0.25, -0.2) is 4.98 Å². The SMILES string of the molecule is CN(Cc1nccn1C(F)F)C(=O)c1ccc(Br)cc1. The zero-order chi connectivity index (χ0) is 14.7. The third-order valence-electron chi connectivity index (χ3n) is 2.78. The van der Waals surface area contributed by atoms with Gasteiger partial charge < -0.3 is 4.90 Å². The first kappa shape index (κ1) is 14.6. The molecule has 7 heteroatoms. The van der Waals surface area contributed by atoms with Crippen LogP contribution in [0.3, 0.4) is 0 Å². The van der Waals surface area contributed by atoms with E-state index in [9.17, 15) is 13.6 Å². The van der Waals surface area contributed by atoms with Gasteiger partial charge >= 0.3 is 6.55 Å². The highest BCUT2D eigenvalue weighted by Crippen LogP contribution is 2.15. The van der Waals surface area contributed by atoms with Crippen molar-refractivity contribution >= 4 is 21.8 Å². The van der Waals surface area contributed by atoms with Crippen molar-refractivity contribution in [3.63, 3.8) is 0 Å². The second kappa shape index (κ2) is 6.13. The Morgan fingerprint density at radius 2 is 2.05 bits per heavy atom. The number of imidazole rings is 1. The molecule has 1 amide bonds. The number of hydrogen-bond acceptors (Lipinski definition) is 2. The second-order valence-corrected chi connectivity index (χ2v) is 5.11. The molecule has 1 aromatic carbocycles. The van der Waals surface area contributed by atoms with Crippen molar-refractivity contribution in [2.24, 2.45) is 0 Å². The Balaban J connectivity index is 2.11. The van der Waals surface area contributed by atoms with Crippen molar-refractivity contribution in [1.82, 2.24) is 14.5 Å². The summed E-state index contributed by atoms with van der Waals surface area (Å²) in [6.45, 7) is -2.64. The quantitative estimate of drug-likeness (QED) is 0.854. The fraction of sp³-hybridized carbons (Fsp3) is 0.231. The molecule has 106 valence electrons. The van der Waals surface area contributed by atoms with E-state index in [4.69, 9.17) is 0 Å². The summed E-state index contributed by atoms with van der Waals surface area (Å²) >= 11 is 3.28. The summed E-state index contributed by atoms with van der Waals surface area (Å²) in [6, 6.07) is 6.84. The van der Waals surface area contributed by atoms with E-state index in [1.165, 1.54) is 17.3 Å². The molecule has 0 saturated carbocycles. The van der Waals surface area contributed by atoms with E-state index >= 15 is 0 Å². The molecule has 0 aliphatic heterocycles. The molecule has 1 heterocycles. The van der Waals surface area contributed by atoms with Gasteiger partial charge in [0.25, 0.3) is 5.91 Å². The largest absolute Gasteiger partial charge is 0.334 e. The summed E-state index contributed by atoms with van der Waals surface area (Å²) in [4.78, 5) is 17.4. The van der Waals surface area contributed by atoms with Crippen LogP contribution in [-0.2, 0) is 6.54 Å². The van der Waals surface area contributed by atoms with Gasteiger partial charge in [-0.3, -0.25) is 9.36 Å². The standard InChI is InChI=1S/C13H12BrF2N3O/c1-18(8-11-17-6-7-19(11)13(15)16)12(20)9-2-4-10(14)5-3-9/h2-7,13H,8H2,1H3. The number of halogens is 3. The van der Waals surface area contributed by atoms with Crippen molar-refractivity contribution in [1.29, 1.82) is 0 Å². The van der Waals surface area contributed by atoms with Crippen LogP contribution in [0.5, 0.6) is 0 Å². The van der Waals surface area contributed by atoms with Crippen LogP contribution in [0.4, 0.5) is 8.78 Å². The Morgan fingerprint density at radius 3 is 2.65 bits per heavy atom. The first-order chi connectivity index (χ1) is 9.49. The van der Waals surface area contributed by atoms with E-state index < -0.39 is 6.55 Å². The maximum absolute atomic E-state index is 12.7. The molecule has 2 aromatic rings. The van der Waals surface area contributed by atoms with Crippen molar-refractivity contribution in [2.45, 2.75) is 13.1 Å². The van der Waals surface area contributed by atoms with Crippen LogP contribution in [0.15, 0.2) is 41.1 Å². The van der Waals surface area contributed by atoms with Gasteiger partial charge in [-0.05, 0) is 24.3 Å². The monoisotopic (exact) mass is 343 g/mol. The summed E-state index contributed by atoms with van der Waals surface area (Å²) in [6.07, 6.45) is 2.48. The lowest BCUT2D eigenvalue weighted by Gasteiger charge is -2.17. The van der Waals surface area contributed by atoms with Gasteiger partial charge in [0.1, 0.15) is 5.82 Å². The lowest BCUT2D eigenvalue weighted by molar-refractivity contribution is 0.0612. The van der Waals surface area contributed by atoms with Gasteiger partial charge in [0.15, 0.2) is 0 Å². The minimum absolute atomic E-state index is 0.0201. The van der Waals surface area contributed by atoms with Gasteiger partial charge in [-0.15, -0.1) is 0 Å². The molecule has 0 atom stereocenters. The fourth-order valence-corrected chi connectivity index (χ4v) is 2.01. The van der Waals surface area contributed by atoms with Crippen LogP contribution in [-0.4, -0.2) is 27.4 Å². The molecule has 0 saturated heterocycles. The van der Waals surface area contributed by atoms with E-state index in [0.717, 1.165) is 9.04 Å². The van der Waals surface area contributed by atoms with Crippen LogP contribution in [0.25, 0.3) is 0 Å². The summed E-state index contributed by atoms with van der Waals surface area (Å²) < 4.78 is 27.0. The van der Waals surface area contributed by atoms with Gasteiger partial charge in [0, 0.05) is 29.5 Å². The lowest BCUT2D eigenvalue weighted by Crippen LogP contribution is -2.27. The molecule has 0 unspecified atom stereocenters. The Hall–Kier alpha value is -1.76. The molecule has 0 aliphatic carbocycles. The molecular formula is C13H12BrF2N3O. The third-order valence-corrected chi connectivity index (χ3v) is 3.30. The molecule has 0 fully saturated rings. The average Bonchev–Trinajstić information content (AvgIpc) is 2.87. The average molecular weight is 344 g/mol. The van der Waals surface area contributed by atoms with E-state index in [0.29, 0.717) is 5.56 Å².